The van der Waals surface area contributed by atoms with Gasteiger partial charge in [-0.05, 0) is 29.8 Å². The fourth-order valence-electron chi connectivity index (χ4n) is 3.24. The molecule has 0 radical (unpaired) electrons. The van der Waals surface area contributed by atoms with Crippen LogP contribution in [0.4, 0.5) is 13.2 Å². The molecule has 3 aromatic rings. The van der Waals surface area contributed by atoms with Crippen LogP contribution in [0.2, 0.25) is 0 Å². The molecule has 0 saturated carbocycles. The minimum absolute atomic E-state index is 0.577. The Morgan fingerprint density at radius 1 is 1.00 bits per heavy atom. The lowest BCUT2D eigenvalue weighted by Gasteiger charge is -2.27. The highest BCUT2D eigenvalue weighted by molar-refractivity contribution is 5.80. The fraction of sp³-hybridized carbons (Fsp3) is 0.316. The lowest BCUT2D eigenvalue weighted by atomic mass is 10.1. The van der Waals surface area contributed by atoms with Gasteiger partial charge in [0.05, 0.1) is 16.6 Å². The molecule has 136 valence electrons. The Labute approximate surface area is 149 Å². The largest absolute Gasteiger partial charge is 0.416 e. The maximum absolute atomic E-state index is 12.7. The zero-order valence-electron chi connectivity index (χ0n) is 14.1. The van der Waals surface area contributed by atoms with E-state index in [1.54, 1.807) is 0 Å². The van der Waals surface area contributed by atoms with E-state index in [4.69, 9.17) is 0 Å². The third-order valence-corrected chi connectivity index (χ3v) is 4.65. The van der Waals surface area contributed by atoms with E-state index in [9.17, 15) is 13.2 Å². The van der Waals surface area contributed by atoms with Crippen molar-refractivity contribution in [2.24, 2.45) is 0 Å². The SMILES string of the molecule is FC(F)(F)c1ccc(-c2nc3ccc(CN4CCNCC4)cc3[nH]2)cc1. The Morgan fingerprint density at radius 3 is 2.42 bits per heavy atom. The second kappa shape index (κ2) is 6.74. The molecule has 7 heteroatoms. The first-order valence-electron chi connectivity index (χ1n) is 8.58. The molecular formula is C19H19F3N4. The van der Waals surface area contributed by atoms with Crippen LogP contribution in [0.3, 0.4) is 0 Å². The van der Waals surface area contributed by atoms with Gasteiger partial charge in [-0.15, -0.1) is 0 Å². The number of piperazine rings is 1. The normalized spacial score (nSPS) is 16.3. The number of rotatable bonds is 3. The molecule has 1 saturated heterocycles. The molecule has 1 fully saturated rings. The van der Waals surface area contributed by atoms with E-state index in [-0.39, 0.29) is 0 Å². The first-order chi connectivity index (χ1) is 12.5. The Kier molecular flexibility index (Phi) is 4.42. The Morgan fingerprint density at radius 2 is 1.73 bits per heavy atom. The number of fused-ring (bicyclic) bond motifs is 1. The second-order valence-electron chi connectivity index (χ2n) is 6.54. The first kappa shape index (κ1) is 17.1. The van der Waals surface area contributed by atoms with E-state index in [0.29, 0.717) is 11.4 Å². The van der Waals surface area contributed by atoms with Crippen molar-refractivity contribution in [3.8, 4) is 11.4 Å². The van der Waals surface area contributed by atoms with Gasteiger partial charge < -0.3 is 10.3 Å². The number of nitrogens with one attached hydrogen (secondary N) is 2. The van der Waals surface area contributed by atoms with Crippen LogP contribution in [0.1, 0.15) is 11.1 Å². The molecular weight excluding hydrogens is 341 g/mol. The highest BCUT2D eigenvalue weighted by Gasteiger charge is 2.30. The molecule has 0 atom stereocenters. The molecule has 0 aliphatic carbocycles. The van der Waals surface area contributed by atoms with Gasteiger partial charge in [-0.1, -0.05) is 18.2 Å². The molecule has 2 aromatic carbocycles. The van der Waals surface area contributed by atoms with Crippen molar-refractivity contribution in [3.63, 3.8) is 0 Å². The Balaban J connectivity index is 1.57. The number of halogens is 3. The number of alkyl halides is 3. The van der Waals surface area contributed by atoms with E-state index in [2.05, 4.69) is 32.3 Å². The van der Waals surface area contributed by atoms with Crippen molar-refractivity contribution in [1.82, 2.24) is 20.2 Å². The molecule has 0 amide bonds. The number of H-pyrrole nitrogens is 1. The summed E-state index contributed by atoms with van der Waals surface area (Å²) in [6.07, 6.45) is -4.33. The molecule has 1 aliphatic rings. The lowest BCUT2D eigenvalue weighted by Crippen LogP contribution is -2.42. The molecule has 0 unspecified atom stereocenters. The standard InChI is InChI=1S/C19H19F3N4/c20-19(21,22)15-4-2-14(3-5-15)18-24-16-6-1-13(11-17(16)25-18)12-26-9-7-23-8-10-26/h1-6,11,23H,7-10,12H2,(H,24,25). The van der Waals surface area contributed by atoms with E-state index >= 15 is 0 Å². The maximum Gasteiger partial charge on any atom is 0.416 e. The van der Waals surface area contributed by atoms with Crippen LogP contribution in [-0.4, -0.2) is 41.0 Å². The molecule has 2 heterocycles. The van der Waals surface area contributed by atoms with Crippen molar-refractivity contribution in [2.45, 2.75) is 12.7 Å². The van der Waals surface area contributed by atoms with Gasteiger partial charge in [-0.2, -0.15) is 13.2 Å². The molecule has 4 rings (SSSR count). The summed E-state index contributed by atoms with van der Waals surface area (Å²) >= 11 is 0. The molecule has 0 spiro atoms. The third-order valence-electron chi connectivity index (χ3n) is 4.65. The van der Waals surface area contributed by atoms with Gasteiger partial charge in [0.25, 0.3) is 0 Å². The number of hydrogen-bond donors (Lipinski definition) is 2. The highest BCUT2D eigenvalue weighted by Crippen LogP contribution is 2.31. The number of nitrogens with zero attached hydrogens (tertiary/aromatic N) is 2. The predicted octanol–water partition coefficient (Wildman–Crippen LogP) is 3.65. The van der Waals surface area contributed by atoms with Gasteiger partial charge in [0, 0.05) is 38.3 Å². The topological polar surface area (TPSA) is 44.0 Å². The number of hydrogen-bond acceptors (Lipinski definition) is 3. The summed E-state index contributed by atoms with van der Waals surface area (Å²) in [6.45, 7) is 4.94. The summed E-state index contributed by atoms with van der Waals surface area (Å²) in [5.74, 6) is 0.577. The van der Waals surface area contributed by atoms with Crippen molar-refractivity contribution >= 4 is 11.0 Å². The molecule has 26 heavy (non-hydrogen) atoms. The second-order valence-corrected chi connectivity index (χ2v) is 6.54. The highest BCUT2D eigenvalue weighted by atomic mass is 19.4. The number of imidazole rings is 1. The van der Waals surface area contributed by atoms with Gasteiger partial charge in [-0.25, -0.2) is 4.98 Å². The van der Waals surface area contributed by atoms with Crippen molar-refractivity contribution < 1.29 is 13.2 Å². The summed E-state index contributed by atoms with van der Waals surface area (Å²) in [5, 5.41) is 3.34. The summed E-state index contributed by atoms with van der Waals surface area (Å²) in [4.78, 5) is 10.1. The van der Waals surface area contributed by atoms with Gasteiger partial charge in [0.2, 0.25) is 0 Å². The van der Waals surface area contributed by atoms with Crippen molar-refractivity contribution in [2.75, 3.05) is 26.2 Å². The van der Waals surface area contributed by atoms with Crippen LogP contribution < -0.4 is 5.32 Å². The number of benzene rings is 2. The number of aromatic nitrogens is 2. The zero-order valence-corrected chi connectivity index (χ0v) is 14.1. The zero-order chi connectivity index (χ0) is 18.1. The quantitative estimate of drug-likeness (QED) is 0.749. The van der Waals surface area contributed by atoms with Gasteiger partial charge in [-0.3, -0.25) is 4.90 Å². The average Bonchev–Trinajstić information content (AvgIpc) is 3.05. The summed E-state index contributed by atoms with van der Waals surface area (Å²) in [5.41, 5.74) is 2.88. The van der Waals surface area contributed by atoms with Gasteiger partial charge >= 0.3 is 6.18 Å². The molecule has 1 aromatic heterocycles. The van der Waals surface area contributed by atoms with Crippen LogP contribution in [-0.2, 0) is 12.7 Å². The molecule has 1 aliphatic heterocycles. The van der Waals surface area contributed by atoms with E-state index < -0.39 is 11.7 Å². The number of aromatic amines is 1. The monoisotopic (exact) mass is 360 g/mol. The Bertz CT molecular complexity index is 893. The van der Waals surface area contributed by atoms with E-state index in [1.165, 1.54) is 17.7 Å². The molecule has 0 bridgehead atoms. The van der Waals surface area contributed by atoms with Crippen LogP contribution in [0.15, 0.2) is 42.5 Å². The van der Waals surface area contributed by atoms with Gasteiger partial charge in [0.15, 0.2) is 0 Å². The average molecular weight is 360 g/mol. The smallest absolute Gasteiger partial charge is 0.338 e. The maximum atomic E-state index is 12.7. The van der Waals surface area contributed by atoms with Crippen molar-refractivity contribution in [3.05, 3.63) is 53.6 Å². The van der Waals surface area contributed by atoms with Crippen LogP contribution in [0.5, 0.6) is 0 Å². The predicted molar refractivity (Wildman–Crippen MR) is 94.7 cm³/mol. The Hall–Kier alpha value is -2.38. The van der Waals surface area contributed by atoms with Crippen LogP contribution in [0.25, 0.3) is 22.4 Å². The minimum atomic E-state index is -4.33. The van der Waals surface area contributed by atoms with E-state index in [0.717, 1.165) is 55.9 Å². The summed E-state index contributed by atoms with van der Waals surface area (Å²) < 4.78 is 38.1. The van der Waals surface area contributed by atoms with E-state index in [1.807, 2.05) is 6.07 Å². The van der Waals surface area contributed by atoms with Crippen LogP contribution in [0, 0.1) is 0 Å². The van der Waals surface area contributed by atoms with Crippen LogP contribution >= 0.6 is 0 Å². The van der Waals surface area contributed by atoms with Gasteiger partial charge in [0.1, 0.15) is 5.82 Å². The first-order valence-corrected chi connectivity index (χ1v) is 8.58. The fourth-order valence-corrected chi connectivity index (χ4v) is 3.24. The van der Waals surface area contributed by atoms with Crippen molar-refractivity contribution in [1.29, 1.82) is 0 Å². The summed E-state index contributed by atoms with van der Waals surface area (Å²) in [7, 11) is 0. The molecule has 4 nitrogen and oxygen atoms in total. The molecule has 2 N–H and O–H groups in total. The lowest BCUT2D eigenvalue weighted by molar-refractivity contribution is -0.137. The third kappa shape index (κ3) is 3.59. The summed E-state index contributed by atoms with van der Waals surface area (Å²) in [6, 6.07) is 11.1. The minimum Gasteiger partial charge on any atom is -0.338 e.